The van der Waals surface area contributed by atoms with Crippen LogP contribution in [0.15, 0.2) is 396 Å². The molecule has 18 aromatic rings. The average Bonchev–Trinajstić information content (AvgIpc) is 0.707. The van der Waals surface area contributed by atoms with Gasteiger partial charge in [0.05, 0.1) is 33.4 Å². The maximum Gasteiger partial charge on any atom is 0.249 e. The van der Waals surface area contributed by atoms with Crippen LogP contribution in [0.1, 0.15) is 0 Å². The SMILES string of the molecule is c1ccc(N(c2ccccc2)c2cc3c4c(c2)N(c2ccccc2)c2ccccc2B4c2cc4c(c(-c5c(-n6c7ccccc7c7ccccc76)cccc5-n5c6ccccc6c6ccccc65)c2S3)Sc2cc(N(c3ccccc3)c3ccccc3)cc3c2B4c2ccccc2N3c2ccccc2)cc1. The van der Waals surface area contributed by atoms with Crippen LogP contribution in [0.2, 0.25) is 0 Å². The van der Waals surface area contributed by atoms with E-state index in [2.05, 4.69) is 405 Å². The van der Waals surface area contributed by atoms with Crippen molar-refractivity contribution >= 4 is 182 Å². The van der Waals surface area contributed by atoms with Crippen molar-refractivity contribution in [2.24, 2.45) is 0 Å². The summed E-state index contributed by atoms with van der Waals surface area (Å²) in [6.07, 6.45) is 0. The molecular weight excluding hydrogens is 1320 g/mol. The van der Waals surface area contributed by atoms with Gasteiger partial charge in [-0.15, -0.1) is 0 Å². The van der Waals surface area contributed by atoms with Crippen molar-refractivity contribution in [3.05, 3.63) is 376 Å². The second kappa shape index (κ2) is 24.4. The van der Waals surface area contributed by atoms with Crippen molar-refractivity contribution < 1.29 is 0 Å². The predicted octanol–water partition coefficient (Wildman–Crippen LogP) is 22.0. The zero-order chi connectivity index (χ0) is 69.5. The first-order chi connectivity index (χ1) is 52.7. The van der Waals surface area contributed by atoms with Gasteiger partial charge in [-0.1, -0.05) is 265 Å². The number of rotatable bonds is 11. The number of aromatic nitrogens is 2. The molecule has 0 N–H and O–H groups in total. The van der Waals surface area contributed by atoms with Crippen molar-refractivity contribution in [3.8, 4) is 22.5 Å². The first-order valence-corrected chi connectivity index (χ1v) is 38.0. The van der Waals surface area contributed by atoms with Crippen molar-refractivity contribution in [1.82, 2.24) is 9.13 Å². The van der Waals surface area contributed by atoms with Gasteiger partial charge in [0.2, 0.25) is 13.4 Å². The molecule has 0 fully saturated rings. The minimum atomic E-state index is -0.215. The average molecular weight is 1390 g/mol. The second-order valence-electron chi connectivity index (χ2n) is 27.8. The highest BCUT2D eigenvalue weighted by Gasteiger charge is 2.48. The fourth-order valence-electron chi connectivity index (χ4n) is 17.9. The highest BCUT2D eigenvalue weighted by atomic mass is 32.2. The molecule has 2 aromatic heterocycles. The number of para-hydroxylation sites is 12. The maximum absolute atomic E-state index is 2.71. The lowest BCUT2D eigenvalue weighted by atomic mass is 9.31. The van der Waals surface area contributed by atoms with Gasteiger partial charge in [0.25, 0.3) is 0 Å². The Morgan fingerprint density at radius 3 is 0.887 bits per heavy atom. The van der Waals surface area contributed by atoms with Crippen LogP contribution in [0.3, 0.4) is 0 Å². The second-order valence-corrected chi connectivity index (χ2v) is 29.9. The number of anilines is 12. The lowest BCUT2D eigenvalue weighted by Gasteiger charge is -2.44. The molecule has 22 rings (SSSR count). The highest BCUT2D eigenvalue weighted by Crippen LogP contribution is 2.56. The van der Waals surface area contributed by atoms with Crippen LogP contribution in [0.4, 0.5) is 68.2 Å². The molecule has 6 nitrogen and oxygen atoms in total. The van der Waals surface area contributed by atoms with Gasteiger partial charge < -0.3 is 28.7 Å². The number of hydrogen-bond acceptors (Lipinski definition) is 6. The molecule has 0 spiro atoms. The highest BCUT2D eigenvalue weighted by molar-refractivity contribution is 8.01. The Bertz CT molecular complexity index is 6000. The standard InChI is InChI=1S/C96H62B2N6S2/c1-7-32-63(33-8-1)99(64-34-9-2-10-35-64)69-58-87-93-89(60-69)105-95-77(97(93)75-48-23-29-54-83(75)101(87)67-40-15-5-16-41-67)62-78-96(92(95)91-85(103-79-50-25-19-44-71(79)72-45-20-26-51-80(72)103)56-31-57-86(91)104-81-52-27-21-46-73(81)74-47-22-28-53-82(74)104)106-90-61-70(100(65-36-11-3-12-37-65)66-38-13-4-14-39-66)59-88-94(90)98(78)76-49-24-30-55-84(76)102(88)68-42-17-6-18-43-68/h1-62H. The van der Waals surface area contributed by atoms with Gasteiger partial charge in [-0.05, 0) is 167 Å². The van der Waals surface area contributed by atoms with Gasteiger partial charge in [-0.2, -0.15) is 0 Å². The van der Waals surface area contributed by atoms with Crippen LogP contribution in [-0.2, 0) is 0 Å². The molecule has 494 valence electrons. The van der Waals surface area contributed by atoms with E-state index in [4.69, 9.17) is 0 Å². The number of fused-ring (bicyclic) bond motifs is 14. The number of nitrogens with zero attached hydrogens (tertiary/aromatic N) is 6. The molecule has 0 saturated carbocycles. The van der Waals surface area contributed by atoms with Crippen LogP contribution in [0.5, 0.6) is 0 Å². The normalized spacial score (nSPS) is 12.9. The van der Waals surface area contributed by atoms with E-state index in [-0.39, 0.29) is 13.4 Å². The Hall–Kier alpha value is -12.9. The Morgan fingerprint density at radius 2 is 0.528 bits per heavy atom. The summed E-state index contributed by atoms with van der Waals surface area (Å²) in [5.41, 5.74) is 30.2. The molecular formula is C96H62B2N6S2. The fraction of sp³-hybridized carbons (Fsp3) is 0. The zero-order valence-corrected chi connectivity index (χ0v) is 59.1. The first-order valence-electron chi connectivity index (χ1n) is 36.4. The topological polar surface area (TPSA) is 22.8 Å². The molecule has 4 aliphatic rings. The molecule has 106 heavy (non-hydrogen) atoms. The number of benzene rings is 16. The van der Waals surface area contributed by atoms with Crippen molar-refractivity contribution in [2.45, 2.75) is 19.6 Å². The smallest absolute Gasteiger partial charge is 0.249 e. The molecule has 0 bridgehead atoms. The van der Waals surface area contributed by atoms with Gasteiger partial charge in [0.15, 0.2) is 0 Å². The van der Waals surface area contributed by atoms with Gasteiger partial charge in [-0.25, -0.2) is 0 Å². The molecule has 10 heteroatoms. The molecule has 0 atom stereocenters. The van der Waals surface area contributed by atoms with E-state index in [0.717, 1.165) is 107 Å². The molecule has 4 aliphatic heterocycles. The van der Waals surface area contributed by atoms with E-state index in [9.17, 15) is 0 Å². The third kappa shape index (κ3) is 9.24. The quantitative estimate of drug-likeness (QED) is 0.120. The van der Waals surface area contributed by atoms with E-state index in [1.165, 1.54) is 79.5 Å². The summed E-state index contributed by atoms with van der Waals surface area (Å²) in [7, 11) is 0. The van der Waals surface area contributed by atoms with Crippen LogP contribution in [-0.4, -0.2) is 22.6 Å². The van der Waals surface area contributed by atoms with Gasteiger partial charge in [0, 0.05) is 121 Å². The van der Waals surface area contributed by atoms with E-state index in [1.54, 1.807) is 0 Å². The van der Waals surface area contributed by atoms with Gasteiger partial charge in [-0.3, -0.25) is 0 Å². The summed E-state index contributed by atoms with van der Waals surface area (Å²) < 4.78 is 5.18. The summed E-state index contributed by atoms with van der Waals surface area (Å²) in [4.78, 5) is 14.9. The minimum absolute atomic E-state index is 0.215. The van der Waals surface area contributed by atoms with Crippen molar-refractivity contribution in [3.63, 3.8) is 0 Å². The van der Waals surface area contributed by atoms with E-state index in [0.29, 0.717) is 0 Å². The summed E-state index contributed by atoms with van der Waals surface area (Å²) >= 11 is 3.91. The molecule has 16 aromatic carbocycles. The van der Waals surface area contributed by atoms with Crippen molar-refractivity contribution in [2.75, 3.05) is 19.6 Å². The molecule has 0 amide bonds. The van der Waals surface area contributed by atoms with Crippen LogP contribution in [0, 0.1) is 0 Å². The predicted molar refractivity (Wildman–Crippen MR) is 450 cm³/mol. The minimum Gasteiger partial charge on any atom is -0.311 e. The monoisotopic (exact) mass is 1380 g/mol. The fourth-order valence-corrected chi connectivity index (χ4v) is 20.6. The third-order valence-electron chi connectivity index (χ3n) is 22.1. The molecule has 0 unspecified atom stereocenters. The largest absolute Gasteiger partial charge is 0.311 e. The first kappa shape index (κ1) is 60.7. The summed E-state index contributed by atoms with van der Waals surface area (Å²) in [5.74, 6) is 0. The van der Waals surface area contributed by atoms with Crippen LogP contribution >= 0.6 is 23.5 Å². The lowest BCUT2D eigenvalue weighted by molar-refractivity contribution is 1.13. The van der Waals surface area contributed by atoms with Crippen molar-refractivity contribution in [1.29, 1.82) is 0 Å². The van der Waals surface area contributed by atoms with E-state index >= 15 is 0 Å². The number of hydrogen-bond donors (Lipinski definition) is 0. The Morgan fingerprint density at radius 1 is 0.226 bits per heavy atom. The van der Waals surface area contributed by atoms with E-state index in [1.807, 2.05) is 23.5 Å². The van der Waals surface area contributed by atoms with Crippen LogP contribution in [0.25, 0.3) is 66.1 Å². The van der Waals surface area contributed by atoms with E-state index < -0.39 is 0 Å². The summed E-state index contributed by atoms with van der Waals surface area (Å²) in [5, 5.41) is 4.84. The summed E-state index contributed by atoms with van der Waals surface area (Å²) in [6, 6.07) is 140. The molecule has 0 radical (unpaired) electrons. The Balaban J connectivity index is 0.923. The van der Waals surface area contributed by atoms with Crippen LogP contribution < -0.4 is 52.4 Å². The maximum atomic E-state index is 2.71. The summed E-state index contributed by atoms with van der Waals surface area (Å²) in [6.45, 7) is -0.430. The molecule has 0 saturated heterocycles. The Labute approximate surface area is 624 Å². The molecule has 6 heterocycles. The lowest BCUT2D eigenvalue weighted by Crippen LogP contribution is -2.64. The third-order valence-corrected chi connectivity index (χ3v) is 24.5. The van der Waals surface area contributed by atoms with Gasteiger partial charge >= 0.3 is 0 Å². The zero-order valence-electron chi connectivity index (χ0n) is 57.5. The molecule has 0 aliphatic carbocycles. The Kier molecular flexibility index (Phi) is 14.0. The van der Waals surface area contributed by atoms with Gasteiger partial charge in [0.1, 0.15) is 0 Å².